The fraction of sp³-hybridized carbons (Fsp3) is 0.143. The summed E-state index contributed by atoms with van der Waals surface area (Å²) < 4.78 is 5.78. The monoisotopic (exact) mass is 531 g/mol. The number of thioether (sulfide) groups is 2. The first-order valence-corrected chi connectivity index (χ1v) is 13.8. The second-order valence-electron chi connectivity index (χ2n) is 7.97. The quantitative estimate of drug-likeness (QED) is 0.185. The van der Waals surface area contributed by atoms with E-state index in [0.717, 1.165) is 11.3 Å². The van der Waals surface area contributed by atoms with Gasteiger partial charge in [-0.05, 0) is 66.6 Å². The molecule has 0 aliphatic carbocycles. The van der Waals surface area contributed by atoms with Gasteiger partial charge in [0, 0.05) is 23.2 Å². The van der Waals surface area contributed by atoms with E-state index < -0.39 is 5.97 Å². The van der Waals surface area contributed by atoms with E-state index in [1.165, 1.54) is 23.5 Å². The molecule has 0 bridgehead atoms. The van der Waals surface area contributed by atoms with E-state index >= 15 is 0 Å². The van der Waals surface area contributed by atoms with E-state index in [2.05, 4.69) is 15.3 Å². The Hall–Kier alpha value is -3.82. The van der Waals surface area contributed by atoms with Crippen molar-refractivity contribution < 1.29 is 19.4 Å². The summed E-state index contributed by atoms with van der Waals surface area (Å²) in [6.45, 7) is 0. The van der Waals surface area contributed by atoms with Crippen molar-refractivity contribution >= 4 is 41.1 Å². The number of carbonyl (C=O) groups excluding carboxylic acids is 1. The molecule has 0 saturated heterocycles. The second kappa shape index (κ2) is 12.4. The van der Waals surface area contributed by atoms with Gasteiger partial charge in [-0.25, -0.2) is 9.97 Å². The first-order chi connectivity index (χ1) is 17.9. The van der Waals surface area contributed by atoms with Crippen molar-refractivity contribution in [1.29, 1.82) is 0 Å². The number of carboxylic acid groups (broad SMARTS) is 1. The Balaban J connectivity index is 1.40. The van der Waals surface area contributed by atoms with Crippen LogP contribution in [0.3, 0.4) is 0 Å². The Labute approximate surface area is 223 Å². The number of aromatic nitrogens is 2. The molecule has 1 aromatic heterocycles. The molecule has 37 heavy (non-hydrogen) atoms. The number of carboxylic acids is 1. The maximum atomic E-state index is 12.7. The van der Waals surface area contributed by atoms with E-state index in [1.807, 2.05) is 67.1 Å². The van der Waals surface area contributed by atoms with E-state index in [-0.39, 0.29) is 12.3 Å². The highest BCUT2D eigenvalue weighted by molar-refractivity contribution is 7.99. The Kier molecular flexibility index (Phi) is 8.81. The molecule has 3 aromatic carbocycles. The van der Waals surface area contributed by atoms with Crippen molar-refractivity contribution in [3.05, 3.63) is 101 Å². The molecule has 4 rings (SSSR count). The molecule has 0 aliphatic rings. The first kappa shape index (κ1) is 26.2. The van der Waals surface area contributed by atoms with Crippen molar-refractivity contribution in [3.8, 4) is 11.5 Å². The maximum absolute atomic E-state index is 12.7. The van der Waals surface area contributed by atoms with E-state index in [4.69, 9.17) is 4.74 Å². The number of para-hydroxylation sites is 1. The van der Waals surface area contributed by atoms with E-state index in [9.17, 15) is 14.7 Å². The van der Waals surface area contributed by atoms with Crippen molar-refractivity contribution in [2.45, 2.75) is 22.9 Å². The van der Waals surface area contributed by atoms with Crippen LogP contribution in [0.25, 0.3) is 0 Å². The van der Waals surface area contributed by atoms with E-state index in [0.29, 0.717) is 44.9 Å². The molecule has 7 nitrogen and oxygen atoms in total. The topological polar surface area (TPSA) is 101 Å². The fourth-order valence-corrected chi connectivity index (χ4v) is 4.88. The number of benzene rings is 3. The number of hydrogen-bond acceptors (Lipinski definition) is 7. The highest BCUT2D eigenvalue weighted by Gasteiger charge is 2.17. The summed E-state index contributed by atoms with van der Waals surface area (Å²) in [5.74, 6) is 0.884. The smallest absolute Gasteiger partial charge is 0.308 e. The molecule has 1 amide bonds. The fourth-order valence-electron chi connectivity index (χ4n) is 3.60. The third kappa shape index (κ3) is 7.12. The molecule has 0 radical (unpaired) electrons. The lowest BCUT2D eigenvalue weighted by molar-refractivity contribution is -0.136. The standard InChI is InChI=1S/C28H25N3O4S2/c1-36-27-23(17-25(32)33)28(37-2)31-24(30-27)16-18-8-12-20(13-9-18)29-26(34)19-10-14-22(15-11-19)35-21-6-4-3-5-7-21/h3-15H,16-17H2,1-2H3,(H,29,34)(H,32,33). The minimum atomic E-state index is -0.906. The van der Waals surface area contributed by atoms with Crippen LogP contribution in [0.1, 0.15) is 27.3 Å². The average molecular weight is 532 g/mol. The number of hydrogen-bond donors (Lipinski definition) is 2. The van der Waals surface area contributed by atoms with Crippen molar-refractivity contribution in [2.24, 2.45) is 0 Å². The van der Waals surface area contributed by atoms with Gasteiger partial charge in [0.25, 0.3) is 5.91 Å². The SMILES string of the molecule is CSc1nc(Cc2ccc(NC(=O)c3ccc(Oc4ccccc4)cc3)cc2)nc(SC)c1CC(=O)O. The van der Waals surface area contributed by atoms with Crippen LogP contribution in [0.4, 0.5) is 5.69 Å². The van der Waals surface area contributed by atoms with Gasteiger partial charge in [-0.15, -0.1) is 23.5 Å². The van der Waals surface area contributed by atoms with Crippen molar-refractivity contribution in [2.75, 3.05) is 17.8 Å². The summed E-state index contributed by atoms with van der Waals surface area (Å²) in [6, 6.07) is 23.9. The van der Waals surface area contributed by atoms with Crippen molar-refractivity contribution in [3.63, 3.8) is 0 Å². The number of aliphatic carboxylic acids is 1. The molecule has 0 unspecified atom stereocenters. The lowest BCUT2D eigenvalue weighted by Crippen LogP contribution is -2.11. The van der Waals surface area contributed by atoms with Gasteiger partial charge in [0.2, 0.25) is 0 Å². The largest absolute Gasteiger partial charge is 0.481 e. The van der Waals surface area contributed by atoms with Gasteiger partial charge < -0.3 is 15.2 Å². The van der Waals surface area contributed by atoms with Crippen LogP contribution < -0.4 is 10.1 Å². The summed E-state index contributed by atoms with van der Waals surface area (Å²) in [5.41, 5.74) is 2.82. The normalized spacial score (nSPS) is 10.6. The Morgan fingerprint density at radius 2 is 1.43 bits per heavy atom. The third-order valence-electron chi connectivity index (χ3n) is 5.36. The minimum absolute atomic E-state index is 0.107. The molecule has 0 spiro atoms. The zero-order chi connectivity index (χ0) is 26.2. The third-order valence-corrected chi connectivity index (χ3v) is 6.81. The predicted octanol–water partition coefficient (Wildman–Crippen LogP) is 6.18. The maximum Gasteiger partial charge on any atom is 0.308 e. The first-order valence-electron chi connectivity index (χ1n) is 11.4. The van der Waals surface area contributed by atoms with Crippen LogP contribution in [0.2, 0.25) is 0 Å². The summed E-state index contributed by atoms with van der Waals surface area (Å²) in [5, 5.41) is 13.5. The number of anilines is 1. The summed E-state index contributed by atoms with van der Waals surface area (Å²) >= 11 is 2.83. The molecule has 0 fully saturated rings. The zero-order valence-electron chi connectivity index (χ0n) is 20.3. The van der Waals surface area contributed by atoms with Gasteiger partial charge in [-0.2, -0.15) is 0 Å². The van der Waals surface area contributed by atoms with Gasteiger partial charge in [-0.1, -0.05) is 30.3 Å². The van der Waals surface area contributed by atoms with Crippen molar-refractivity contribution in [1.82, 2.24) is 9.97 Å². The van der Waals surface area contributed by atoms with Crippen LogP contribution in [-0.2, 0) is 17.6 Å². The van der Waals surface area contributed by atoms with Gasteiger partial charge in [0.15, 0.2) is 0 Å². The molecule has 9 heteroatoms. The van der Waals surface area contributed by atoms with Crippen LogP contribution in [0, 0.1) is 0 Å². The van der Waals surface area contributed by atoms with Crippen LogP contribution in [-0.4, -0.2) is 39.5 Å². The lowest BCUT2D eigenvalue weighted by Gasteiger charge is -2.12. The Bertz CT molecular complexity index is 1350. The number of amides is 1. The molecule has 0 aliphatic heterocycles. The predicted molar refractivity (Wildman–Crippen MR) is 147 cm³/mol. The summed E-state index contributed by atoms with van der Waals surface area (Å²) in [4.78, 5) is 33.1. The van der Waals surface area contributed by atoms with Gasteiger partial charge >= 0.3 is 5.97 Å². The van der Waals surface area contributed by atoms with Crippen LogP contribution in [0.5, 0.6) is 11.5 Å². The molecular weight excluding hydrogens is 506 g/mol. The van der Waals surface area contributed by atoms with Gasteiger partial charge in [0.1, 0.15) is 27.4 Å². The van der Waals surface area contributed by atoms with Crippen LogP contribution >= 0.6 is 23.5 Å². The molecular formula is C28H25N3O4S2. The number of ether oxygens (including phenoxy) is 1. The molecule has 4 aromatic rings. The minimum Gasteiger partial charge on any atom is -0.481 e. The number of nitrogens with zero attached hydrogens (tertiary/aromatic N) is 2. The number of nitrogens with one attached hydrogen (secondary N) is 1. The van der Waals surface area contributed by atoms with Gasteiger partial charge in [0.05, 0.1) is 6.42 Å². The number of rotatable bonds is 10. The van der Waals surface area contributed by atoms with Crippen LogP contribution in [0.15, 0.2) is 88.9 Å². The Morgan fingerprint density at radius 1 is 0.838 bits per heavy atom. The molecule has 0 saturated carbocycles. The molecule has 2 N–H and O–H groups in total. The summed E-state index contributed by atoms with van der Waals surface area (Å²) in [6.07, 6.45) is 4.14. The van der Waals surface area contributed by atoms with Gasteiger partial charge in [-0.3, -0.25) is 9.59 Å². The Morgan fingerprint density at radius 3 is 2.00 bits per heavy atom. The average Bonchev–Trinajstić information content (AvgIpc) is 2.91. The summed E-state index contributed by atoms with van der Waals surface area (Å²) in [7, 11) is 0. The zero-order valence-corrected chi connectivity index (χ0v) is 21.9. The lowest BCUT2D eigenvalue weighted by atomic mass is 10.1. The highest BCUT2D eigenvalue weighted by atomic mass is 32.2. The van der Waals surface area contributed by atoms with E-state index in [1.54, 1.807) is 24.3 Å². The highest BCUT2D eigenvalue weighted by Crippen LogP contribution is 2.28. The molecule has 1 heterocycles. The second-order valence-corrected chi connectivity index (χ2v) is 9.56. The molecule has 188 valence electrons. The number of carbonyl (C=O) groups is 2. The molecule has 0 atom stereocenters.